The highest BCUT2D eigenvalue weighted by molar-refractivity contribution is 6.31. The number of rotatable bonds is 5. The van der Waals surface area contributed by atoms with Crippen LogP contribution in [0.15, 0.2) is 42.5 Å². The Morgan fingerprint density at radius 1 is 1.25 bits per heavy atom. The van der Waals surface area contributed by atoms with Crippen LogP contribution in [0, 0.1) is 0 Å². The van der Waals surface area contributed by atoms with Gasteiger partial charge in [0.1, 0.15) is 5.52 Å². The minimum Gasteiger partial charge on any atom is -0.289 e. The molecule has 0 saturated heterocycles. The minimum absolute atomic E-state index is 0.295. The van der Waals surface area contributed by atoms with Crippen LogP contribution in [0.2, 0.25) is 5.02 Å². The Morgan fingerprint density at radius 3 is 2.79 bits per heavy atom. The Labute approximate surface area is 147 Å². The van der Waals surface area contributed by atoms with E-state index >= 15 is 0 Å². The first-order valence-electron chi connectivity index (χ1n) is 8.42. The van der Waals surface area contributed by atoms with Crippen LogP contribution in [0.4, 0.5) is 0 Å². The van der Waals surface area contributed by atoms with E-state index in [0.29, 0.717) is 12.1 Å². The molecule has 0 aliphatic heterocycles. The molecule has 4 rings (SSSR count). The Hall–Kier alpha value is -1.91. The van der Waals surface area contributed by atoms with Gasteiger partial charge in [0.15, 0.2) is 0 Å². The van der Waals surface area contributed by atoms with Gasteiger partial charge in [-0.1, -0.05) is 41.1 Å². The summed E-state index contributed by atoms with van der Waals surface area (Å²) in [5.74, 6) is 0. The number of halogens is 1. The summed E-state index contributed by atoms with van der Waals surface area (Å²) in [5, 5.41) is 9.18. The summed E-state index contributed by atoms with van der Waals surface area (Å²) in [6.07, 6.45) is 2.53. The first-order valence-corrected chi connectivity index (χ1v) is 8.80. The fraction of sp³-hybridized carbons (Fsp3) is 0.368. The first-order chi connectivity index (χ1) is 11.6. The summed E-state index contributed by atoms with van der Waals surface area (Å²) in [6.45, 7) is 3.16. The number of hydrogen-bond donors (Lipinski definition) is 0. The lowest BCUT2D eigenvalue weighted by Gasteiger charge is -2.30. The number of benzene rings is 2. The van der Waals surface area contributed by atoms with Gasteiger partial charge in [0.25, 0.3) is 0 Å². The van der Waals surface area contributed by atoms with Crippen LogP contribution in [0.3, 0.4) is 0 Å². The lowest BCUT2D eigenvalue weighted by molar-refractivity contribution is 0.191. The lowest BCUT2D eigenvalue weighted by Crippen LogP contribution is -2.29. The molecule has 0 N–H and O–H groups in total. The average Bonchev–Trinajstić information content (AvgIpc) is 3.36. The fourth-order valence-corrected chi connectivity index (χ4v) is 3.67. The molecule has 1 aromatic heterocycles. The van der Waals surface area contributed by atoms with E-state index in [4.69, 9.17) is 11.6 Å². The molecule has 1 atom stereocenters. The fourth-order valence-electron chi connectivity index (χ4n) is 3.38. The van der Waals surface area contributed by atoms with E-state index in [9.17, 15) is 0 Å². The summed E-state index contributed by atoms with van der Waals surface area (Å²) in [5.41, 5.74) is 4.49. The molecule has 0 radical (unpaired) electrons. The zero-order chi connectivity index (χ0) is 16.7. The van der Waals surface area contributed by atoms with Gasteiger partial charge in [0, 0.05) is 30.7 Å². The molecule has 0 spiro atoms. The third kappa shape index (κ3) is 2.92. The van der Waals surface area contributed by atoms with Gasteiger partial charge in [-0.15, -0.1) is 5.10 Å². The van der Waals surface area contributed by atoms with Crippen molar-refractivity contribution < 1.29 is 0 Å². The molecule has 1 saturated carbocycles. The van der Waals surface area contributed by atoms with E-state index < -0.39 is 0 Å². The number of aromatic nitrogens is 3. The van der Waals surface area contributed by atoms with Crippen molar-refractivity contribution in [3.8, 4) is 0 Å². The maximum Gasteiger partial charge on any atom is 0.113 e. The third-order valence-electron chi connectivity index (χ3n) is 4.91. The molecule has 0 unspecified atom stereocenters. The standard InChI is InChI=1S/C19H21ClN4/c1-13(16-5-3-4-6-17(16)20)24(15-8-9-15)12-14-7-10-19-18(11-14)21-22-23(19)2/h3-7,10-11,13,15H,8-9,12H2,1-2H3/t13-/m0/s1. The van der Waals surface area contributed by atoms with Crippen LogP contribution >= 0.6 is 11.6 Å². The van der Waals surface area contributed by atoms with Crippen molar-refractivity contribution >= 4 is 22.6 Å². The molecule has 2 aromatic carbocycles. The zero-order valence-electron chi connectivity index (χ0n) is 14.0. The van der Waals surface area contributed by atoms with Crippen molar-refractivity contribution in [2.75, 3.05) is 0 Å². The van der Waals surface area contributed by atoms with Crippen molar-refractivity contribution in [1.29, 1.82) is 0 Å². The molecule has 4 nitrogen and oxygen atoms in total. The van der Waals surface area contributed by atoms with Crippen LogP contribution in [0.25, 0.3) is 11.0 Å². The second-order valence-corrected chi connectivity index (χ2v) is 7.04. The molecular weight excluding hydrogens is 320 g/mol. The monoisotopic (exact) mass is 340 g/mol. The van der Waals surface area contributed by atoms with Crippen molar-refractivity contribution in [2.24, 2.45) is 7.05 Å². The van der Waals surface area contributed by atoms with E-state index in [1.54, 1.807) is 0 Å². The maximum absolute atomic E-state index is 6.42. The average molecular weight is 341 g/mol. The Bertz CT molecular complexity index is 869. The van der Waals surface area contributed by atoms with Gasteiger partial charge >= 0.3 is 0 Å². The molecule has 3 aromatic rings. The summed E-state index contributed by atoms with van der Waals surface area (Å²) < 4.78 is 1.81. The molecular formula is C19H21ClN4. The van der Waals surface area contributed by atoms with Crippen LogP contribution in [0.1, 0.15) is 36.9 Å². The maximum atomic E-state index is 6.42. The molecule has 0 bridgehead atoms. The quantitative estimate of drug-likeness (QED) is 0.692. The summed E-state index contributed by atoms with van der Waals surface area (Å²) in [6, 6.07) is 15.5. The van der Waals surface area contributed by atoms with Gasteiger partial charge in [0.05, 0.1) is 5.52 Å². The van der Waals surface area contributed by atoms with Crippen molar-refractivity contribution in [3.05, 3.63) is 58.6 Å². The van der Waals surface area contributed by atoms with Crippen molar-refractivity contribution in [1.82, 2.24) is 19.9 Å². The SMILES string of the molecule is C[C@@H](c1ccccc1Cl)N(Cc1ccc2c(c1)nnn2C)C1CC1. The van der Waals surface area contributed by atoms with Crippen molar-refractivity contribution in [2.45, 2.75) is 38.4 Å². The van der Waals surface area contributed by atoms with Gasteiger partial charge in [-0.3, -0.25) is 4.90 Å². The van der Waals surface area contributed by atoms with Crippen molar-refractivity contribution in [3.63, 3.8) is 0 Å². The Kier molecular flexibility index (Phi) is 4.02. The highest BCUT2D eigenvalue weighted by atomic mass is 35.5. The smallest absolute Gasteiger partial charge is 0.113 e. The van der Waals surface area contributed by atoms with E-state index in [0.717, 1.165) is 22.6 Å². The Balaban J connectivity index is 1.62. The molecule has 1 fully saturated rings. The van der Waals surface area contributed by atoms with E-state index in [1.165, 1.54) is 24.0 Å². The normalized spacial score (nSPS) is 16.0. The molecule has 5 heteroatoms. The van der Waals surface area contributed by atoms with Gasteiger partial charge in [-0.2, -0.15) is 0 Å². The minimum atomic E-state index is 0.295. The predicted octanol–water partition coefficient (Wildman–Crippen LogP) is 4.35. The van der Waals surface area contributed by atoms with Crippen LogP contribution < -0.4 is 0 Å². The third-order valence-corrected chi connectivity index (χ3v) is 5.25. The largest absolute Gasteiger partial charge is 0.289 e. The second-order valence-electron chi connectivity index (χ2n) is 6.64. The molecule has 1 aliphatic rings. The van der Waals surface area contributed by atoms with E-state index in [1.807, 2.05) is 23.9 Å². The second kappa shape index (κ2) is 6.19. The summed E-state index contributed by atoms with van der Waals surface area (Å²) in [7, 11) is 1.92. The highest BCUT2D eigenvalue weighted by Gasteiger charge is 2.33. The molecule has 124 valence electrons. The summed E-state index contributed by atoms with van der Waals surface area (Å²) in [4.78, 5) is 2.55. The Morgan fingerprint density at radius 2 is 2.04 bits per heavy atom. The van der Waals surface area contributed by atoms with Gasteiger partial charge in [-0.05, 0) is 49.1 Å². The number of nitrogens with zero attached hydrogens (tertiary/aromatic N) is 4. The van der Waals surface area contributed by atoms with Crippen LogP contribution in [-0.2, 0) is 13.6 Å². The molecule has 0 amide bonds. The zero-order valence-corrected chi connectivity index (χ0v) is 14.7. The number of fused-ring (bicyclic) bond motifs is 1. The lowest BCUT2D eigenvalue weighted by atomic mass is 10.1. The molecule has 1 heterocycles. The number of hydrogen-bond acceptors (Lipinski definition) is 3. The summed E-state index contributed by atoms with van der Waals surface area (Å²) >= 11 is 6.42. The molecule has 24 heavy (non-hydrogen) atoms. The highest BCUT2D eigenvalue weighted by Crippen LogP contribution is 2.37. The van der Waals surface area contributed by atoms with E-state index in [-0.39, 0.29) is 0 Å². The van der Waals surface area contributed by atoms with Crippen LogP contribution in [0.5, 0.6) is 0 Å². The van der Waals surface area contributed by atoms with Gasteiger partial charge in [0.2, 0.25) is 0 Å². The van der Waals surface area contributed by atoms with E-state index in [2.05, 4.69) is 52.5 Å². The first kappa shape index (κ1) is 15.6. The topological polar surface area (TPSA) is 34.0 Å². The predicted molar refractivity (Wildman–Crippen MR) is 96.9 cm³/mol. The van der Waals surface area contributed by atoms with Crippen LogP contribution in [-0.4, -0.2) is 25.9 Å². The molecule has 1 aliphatic carbocycles. The number of aryl methyl sites for hydroxylation is 1. The van der Waals surface area contributed by atoms with Gasteiger partial charge < -0.3 is 0 Å². The van der Waals surface area contributed by atoms with Gasteiger partial charge in [-0.25, -0.2) is 4.68 Å².